The Kier molecular flexibility index (Phi) is 3.27. The first-order valence-electron chi connectivity index (χ1n) is 7.87. The van der Waals surface area contributed by atoms with Gasteiger partial charge in [0.1, 0.15) is 6.10 Å². The second-order valence-electron chi connectivity index (χ2n) is 7.51. The first-order valence-corrected chi connectivity index (χ1v) is 7.87. The highest BCUT2D eigenvalue weighted by atomic mass is 16.5. The zero-order valence-corrected chi connectivity index (χ0v) is 13.2. The van der Waals surface area contributed by atoms with Gasteiger partial charge in [-0.2, -0.15) is 0 Å². The number of hydrogen-bond donors (Lipinski definition) is 1. The molecule has 3 nitrogen and oxygen atoms in total. The van der Waals surface area contributed by atoms with Crippen molar-refractivity contribution in [3.63, 3.8) is 0 Å². The van der Waals surface area contributed by atoms with E-state index in [9.17, 15) is 4.79 Å². The normalized spacial score (nSPS) is 33.1. The van der Waals surface area contributed by atoms with Gasteiger partial charge in [-0.05, 0) is 48.3 Å². The molecule has 0 saturated heterocycles. The van der Waals surface area contributed by atoms with Gasteiger partial charge in [0.05, 0.1) is 6.42 Å². The van der Waals surface area contributed by atoms with Crippen molar-refractivity contribution in [2.24, 2.45) is 16.7 Å². The average molecular weight is 287 g/mol. The minimum Gasteiger partial charge on any atom is -0.462 e. The van der Waals surface area contributed by atoms with Crippen LogP contribution in [0.1, 0.15) is 45.6 Å². The fourth-order valence-corrected chi connectivity index (χ4v) is 4.31. The van der Waals surface area contributed by atoms with Crippen LogP contribution in [0.25, 0.3) is 0 Å². The van der Waals surface area contributed by atoms with Crippen molar-refractivity contribution in [1.29, 1.82) is 0 Å². The zero-order valence-electron chi connectivity index (χ0n) is 13.2. The molecule has 1 aromatic rings. The van der Waals surface area contributed by atoms with E-state index in [1.807, 2.05) is 24.3 Å². The molecule has 2 saturated carbocycles. The molecule has 3 heteroatoms. The summed E-state index contributed by atoms with van der Waals surface area (Å²) in [6.07, 6.45) is 3.88. The van der Waals surface area contributed by atoms with Crippen LogP contribution in [0.4, 0.5) is 5.69 Å². The van der Waals surface area contributed by atoms with Crippen LogP contribution in [0.5, 0.6) is 0 Å². The van der Waals surface area contributed by atoms with Crippen LogP contribution in [0.15, 0.2) is 24.3 Å². The summed E-state index contributed by atoms with van der Waals surface area (Å²) in [6, 6.07) is 7.43. The monoisotopic (exact) mass is 287 g/mol. The summed E-state index contributed by atoms with van der Waals surface area (Å²) in [4.78, 5) is 12.2. The molecule has 0 amide bonds. The summed E-state index contributed by atoms with van der Waals surface area (Å²) >= 11 is 0. The highest BCUT2D eigenvalue weighted by molar-refractivity contribution is 5.73. The van der Waals surface area contributed by atoms with Gasteiger partial charge < -0.3 is 10.5 Å². The van der Waals surface area contributed by atoms with E-state index in [1.54, 1.807) is 0 Å². The number of ether oxygens (including phenoxy) is 1. The second-order valence-corrected chi connectivity index (χ2v) is 7.51. The number of carbonyl (C=O) groups is 1. The van der Waals surface area contributed by atoms with Gasteiger partial charge in [-0.25, -0.2) is 0 Å². The third-order valence-corrected chi connectivity index (χ3v) is 6.32. The van der Waals surface area contributed by atoms with Crippen LogP contribution in [-0.2, 0) is 16.0 Å². The smallest absolute Gasteiger partial charge is 0.310 e. The highest BCUT2D eigenvalue weighted by Gasteiger charge is 2.62. The van der Waals surface area contributed by atoms with E-state index < -0.39 is 0 Å². The Hall–Kier alpha value is -1.51. The Bertz CT molecular complexity index is 549. The van der Waals surface area contributed by atoms with Crippen molar-refractivity contribution in [2.45, 2.75) is 52.6 Å². The number of nitrogen functional groups attached to an aromatic ring is 1. The minimum absolute atomic E-state index is 0.0764. The van der Waals surface area contributed by atoms with E-state index in [1.165, 1.54) is 12.8 Å². The van der Waals surface area contributed by atoms with Gasteiger partial charge in [0.25, 0.3) is 0 Å². The summed E-state index contributed by atoms with van der Waals surface area (Å²) in [5, 5.41) is 0. The fraction of sp³-hybridized carbons (Fsp3) is 0.611. The molecule has 2 bridgehead atoms. The quantitative estimate of drug-likeness (QED) is 0.683. The van der Waals surface area contributed by atoms with Gasteiger partial charge in [-0.3, -0.25) is 4.79 Å². The van der Waals surface area contributed by atoms with Gasteiger partial charge in [0.15, 0.2) is 0 Å². The number of benzene rings is 1. The number of anilines is 1. The summed E-state index contributed by atoms with van der Waals surface area (Å²) in [5.41, 5.74) is 7.75. The molecule has 114 valence electrons. The number of nitrogens with two attached hydrogens (primary N) is 1. The number of carbonyl (C=O) groups excluding carboxylic acids is 1. The molecule has 2 N–H and O–H groups in total. The summed E-state index contributed by atoms with van der Waals surface area (Å²) < 4.78 is 5.85. The number of rotatable bonds is 3. The molecular weight excluding hydrogens is 262 g/mol. The van der Waals surface area contributed by atoms with Crippen LogP contribution in [0, 0.1) is 16.7 Å². The molecule has 3 unspecified atom stereocenters. The SMILES string of the molecule is CC1(C)C2CCC1(C)C(OC(=O)Cc1ccc(N)cc1)C2. The molecule has 0 aliphatic heterocycles. The lowest BCUT2D eigenvalue weighted by Gasteiger charge is -2.38. The summed E-state index contributed by atoms with van der Waals surface area (Å²) in [6.45, 7) is 6.96. The van der Waals surface area contributed by atoms with Gasteiger partial charge in [0, 0.05) is 11.1 Å². The van der Waals surface area contributed by atoms with Crippen LogP contribution in [0.2, 0.25) is 0 Å². The van der Waals surface area contributed by atoms with E-state index >= 15 is 0 Å². The van der Waals surface area contributed by atoms with E-state index in [2.05, 4.69) is 20.8 Å². The molecule has 1 aromatic carbocycles. The number of fused-ring (bicyclic) bond motifs is 2. The maximum Gasteiger partial charge on any atom is 0.310 e. The molecule has 2 fully saturated rings. The molecule has 2 aliphatic rings. The number of hydrogen-bond acceptors (Lipinski definition) is 3. The Morgan fingerprint density at radius 3 is 2.48 bits per heavy atom. The highest BCUT2D eigenvalue weighted by Crippen LogP contribution is 2.66. The second kappa shape index (κ2) is 4.75. The molecule has 3 rings (SSSR count). The van der Waals surface area contributed by atoms with E-state index in [-0.39, 0.29) is 22.9 Å². The fourth-order valence-electron chi connectivity index (χ4n) is 4.31. The first kappa shape index (κ1) is 14.4. The maximum atomic E-state index is 12.2. The Balaban J connectivity index is 1.65. The van der Waals surface area contributed by atoms with Crippen LogP contribution >= 0.6 is 0 Å². The number of esters is 1. The first-order chi connectivity index (χ1) is 9.83. The van der Waals surface area contributed by atoms with Crippen molar-refractivity contribution in [3.8, 4) is 0 Å². The van der Waals surface area contributed by atoms with Crippen molar-refractivity contribution in [1.82, 2.24) is 0 Å². The Morgan fingerprint density at radius 2 is 1.95 bits per heavy atom. The predicted molar refractivity (Wildman–Crippen MR) is 83.7 cm³/mol. The van der Waals surface area contributed by atoms with Gasteiger partial charge >= 0.3 is 5.97 Å². The lowest BCUT2D eigenvalue weighted by molar-refractivity contribution is -0.156. The Morgan fingerprint density at radius 1 is 1.29 bits per heavy atom. The van der Waals surface area contributed by atoms with E-state index in [0.29, 0.717) is 12.3 Å². The van der Waals surface area contributed by atoms with E-state index in [4.69, 9.17) is 10.5 Å². The zero-order chi connectivity index (χ0) is 15.3. The predicted octanol–water partition coefficient (Wildman–Crippen LogP) is 3.57. The van der Waals surface area contributed by atoms with Crippen molar-refractivity contribution in [3.05, 3.63) is 29.8 Å². The van der Waals surface area contributed by atoms with Gasteiger partial charge in [0.2, 0.25) is 0 Å². The van der Waals surface area contributed by atoms with Crippen molar-refractivity contribution >= 4 is 11.7 Å². The minimum atomic E-state index is -0.116. The molecular formula is C18H25NO2. The maximum absolute atomic E-state index is 12.2. The topological polar surface area (TPSA) is 52.3 Å². The van der Waals surface area contributed by atoms with Gasteiger partial charge in [-0.1, -0.05) is 32.9 Å². The van der Waals surface area contributed by atoms with E-state index in [0.717, 1.165) is 17.7 Å². The summed E-state index contributed by atoms with van der Waals surface area (Å²) in [7, 11) is 0. The molecule has 2 aliphatic carbocycles. The largest absolute Gasteiger partial charge is 0.462 e. The lowest BCUT2D eigenvalue weighted by Crippen LogP contribution is -2.38. The molecule has 0 spiro atoms. The summed E-state index contributed by atoms with van der Waals surface area (Å²) in [5.74, 6) is 0.575. The van der Waals surface area contributed by atoms with Crippen molar-refractivity contribution in [2.75, 3.05) is 5.73 Å². The Labute approximate surface area is 126 Å². The third-order valence-electron chi connectivity index (χ3n) is 6.32. The standard InChI is InChI=1S/C18H25NO2/c1-17(2)13-8-9-18(17,3)15(11-13)21-16(20)10-12-4-6-14(19)7-5-12/h4-7,13,15H,8-11,19H2,1-3H3. The lowest BCUT2D eigenvalue weighted by atomic mass is 9.70. The van der Waals surface area contributed by atoms with Gasteiger partial charge in [-0.15, -0.1) is 0 Å². The van der Waals surface area contributed by atoms with Crippen LogP contribution in [-0.4, -0.2) is 12.1 Å². The molecule has 3 atom stereocenters. The molecule has 0 radical (unpaired) electrons. The van der Waals surface area contributed by atoms with Crippen molar-refractivity contribution < 1.29 is 9.53 Å². The molecule has 21 heavy (non-hydrogen) atoms. The van der Waals surface area contributed by atoms with Crippen LogP contribution < -0.4 is 5.73 Å². The third kappa shape index (κ3) is 2.23. The van der Waals surface area contributed by atoms with Crippen LogP contribution in [0.3, 0.4) is 0 Å². The average Bonchev–Trinajstić information content (AvgIpc) is 2.74. The molecule has 0 aromatic heterocycles. The molecule has 0 heterocycles.